The van der Waals surface area contributed by atoms with E-state index in [-0.39, 0.29) is 16.5 Å². The lowest BCUT2D eigenvalue weighted by Crippen LogP contribution is -2.17. The van der Waals surface area contributed by atoms with Gasteiger partial charge in [-0.1, -0.05) is 17.7 Å². The van der Waals surface area contributed by atoms with Crippen molar-refractivity contribution in [3.63, 3.8) is 0 Å². The van der Waals surface area contributed by atoms with Gasteiger partial charge in [0.15, 0.2) is 0 Å². The molecule has 0 fully saturated rings. The van der Waals surface area contributed by atoms with Crippen molar-refractivity contribution >= 4 is 17.3 Å². The maximum absolute atomic E-state index is 10.8. The van der Waals surface area contributed by atoms with Crippen molar-refractivity contribution in [2.75, 3.05) is 11.4 Å². The van der Waals surface area contributed by atoms with Crippen LogP contribution in [0.2, 0.25) is 5.02 Å². The van der Waals surface area contributed by atoms with Gasteiger partial charge in [0.05, 0.1) is 9.95 Å². The zero-order valence-corrected chi connectivity index (χ0v) is 12.2. The smallest absolute Gasteiger partial charge is 0.265 e. The van der Waals surface area contributed by atoms with E-state index in [0.29, 0.717) is 0 Å². The molecule has 1 N–H and O–H groups in total. The third kappa shape index (κ3) is 3.44. The van der Waals surface area contributed by atoms with Gasteiger partial charge in [-0.3, -0.25) is 10.1 Å². The number of benzene rings is 1. The first-order valence-corrected chi connectivity index (χ1v) is 6.85. The molecule has 0 radical (unpaired) electrons. The Bertz CT molecular complexity index is 650. The summed E-state index contributed by atoms with van der Waals surface area (Å²) in [4.78, 5) is 12.3. The van der Waals surface area contributed by atoms with E-state index in [2.05, 4.69) is 0 Å². The minimum absolute atomic E-state index is 0.0326. The number of phenolic OH excluding ortho intramolecular Hbond substituents is 1. The minimum Gasteiger partial charge on any atom is -0.506 e. The van der Waals surface area contributed by atoms with Gasteiger partial charge < -0.3 is 10.0 Å². The fourth-order valence-corrected chi connectivity index (χ4v) is 2.29. The summed E-state index contributed by atoms with van der Waals surface area (Å²) in [5, 5.41) is 20.5. The molecule has 110 valence electrons. The lowest BCUT2D eigenvalue weighted by atomic mass is 10.2. The number of allylic oxidation sites excluding steroid dienone is 3. The van der Waals surface area contributed by atoms with E-state index < -0.39 is 4.92 Å². The topological polar surface area (TPSA) is 66.6 Å². The Morgan fingerprint density at radius 1 is 1.52 bits per heavy atom. The normalized spacial score (nSPS) is 15.6. The summed E-state index contributed by atoms with van der Waals surface area (Å²) >= 11 is 5.92. The highest BCUT2D eigenvalue weighted by Gasteiger charge is 2.16. The number of hydrogen-bond donors (Lipinski definition) is 1. The SMILES string of the molecule is C/C=C(\C=C/C1=CCCN1c1ccc(O)c(Cl)c1)[N+](=O)[O-]. The molecule has 1 aromatic rings. The molecule has 0 amide bonds. The Labute approximate surface area is 127 Å². The van der Waals surface area contributed by atoms with Crippen LogP contribution in [0.15, 0.2) is 53.9 Å². The summed E-state index contributed by atoms with van der Waals surface area (Å²) in [5.41, 5.74) is 1.76. The number of nitrogens with zero attached hydrogens (tertiary/aromatic N) is 2. The van der Waals surface area contributed by atoms with E-state index in [1.54, 1.807) is 25.1 Å². The first-order valence-electron chi connectivity index (χ1n) is 6.48. The molecule has 1 aliphatic heterocycles. The summed E-state index contributed by atoms with van der Waals surface area (Å²) in [6, 6.07) is 4.97. The molecule has 0 bridgehead atoms. The highest BCUT2D eigenvalue weighted by Crippen LogP contribution is 2.32. The van der Waals surface area contributed by atoms with E-state index in [9.17, 15) is 15.2 Å². The number of halogens is 1. The molecule has 0 atom stereocenters. The Kier molecular flexibility index (Phi) is 4.65. The average molecular weight is 307 g/mol. The lowest BCUT2D eigenvalue weighted by Gasteiger charge is -2.21. The van der Waals surface area contributed by atoms with Crippen LogP contribution in [0.5, 0.6) is 5.75 Å². The zero-order valence-electron chi connectivity index (χ0n) is 11.5. The molecule has 0 aliphatic carbocycles. The van der Waals surface area contributed by atoms with E-state index in [1.165, 1.54) is 18.2 Å². The Morgan fingerprint density at radius 2 is 2.29 bits per heavy atom. The van der Waals surface area contributed by atoms with Crippen LogP contribution in [0, 0.1) is 10.1 Å². The summed E-state index contributed by atoms with van der Waals surface area (Å²) < 4.78 is 0. The Balaban J connectivity index is 2.22. The fourth-order valence-electron chi connectivity index (χ4n) is 2.11. The van der Waals surface area contributed by atoms with Gasteiger partial charge in [-0.05, 0) is 43.7 Å². The average Bonchev–Trinajstić information content (AvgIpc) is 2.90. The van der Waals surface area contributed by atoms with Gasteiger partial charge in [-0.2, -0.15) is 0 Å². The van der Waals surface area contributed by atoms with Gasteiger partial charge in [-0.25, -0.2) is 0 Å². The number of nitro groups is 1. The Morgan fingerprint density at radius 3 is 2.90 bits per heavy atom. The second-order valence-electron chi connectivity index (χ2n) is 4.51. The quantitative estimate of drug-likeness (QED) is 0.521. The first kappa shape index (κ1) is 15.1. The van der Waals surface area contributed by atoms with E-state index in [4.69, 9.17) is 11.6 Å². The number of rotatable bonds is 4. The summed E-state index contributed by atoms with van der Waals surface area (Å²) in [5.74, 6) is 0.0326. The van der Waals surface area contributed by atoms with Crippen LogP contribution in [0.1, 0.15) is 13.3 Å². The largest absolute Gasteiger partial charge is 0.506 e. The molecule has 0 saturated heterocycles. The molecular weight excluding hydrogens is 292 g/mol. The highest BCUT2D eigenvalue weighted by molar-refractivity contribution is 6.32. The molecule has 0 unspecified atom stereocenters. The number of aromatic hydroxyl groups is 1. The second kappa shape index (κ2) is 6.45. The van der Waals surface area contributed by atoms with Crippen LogP contribution in [0.4, 0.5) is 5.69 Å². The van der Waals surface area contributed by atoms with Gasteiger partial charge >= 0.3 is 0 Å². The van der Waals surface area contributed by atoms with Crippen molar-refractivity contribution in [1.82, 2.24) is 0 Å². The third-order valence-corrected chi connectivity index (χ3v) is 3.49. The molecule has 0 spiro atoms. The van der Waals surface area contributed by atoms with Crippen molar-refractivity contribution in [2.45, 2.75) is 13.3 Å². The monoisotopic (exact) mass is 306 g/mol. The molecule has 1 aliphatic rings. The van der Waals surface area contributed by atoms with Crippen molar-refractivity contribution in [3.05, 3.63) is 69.0 Å². The van der Waals surface area contributed by atoms with Crippen molar-refractivity contribution in [3.8, 4) is 5.75 Å². The van der Waals surface area contributed by atoms with Crippen molar-refractivity contribution < 1.29 is 10.0 Å². The maximum Gasteiger partial charge on any atom is 0.265 e. The van der Waals surface area contributed by atoms with Crippen LogP contribution in [-0.4, -0.2) is 16.6 Å². The highest BCUT2D eigenvalue weighted by atomic mass is 35.5. The van der Waals surface area contributed by atoms with E-state index in [0.717, 1.165) is 24.4 Å². The van der Waals surface area contributed by atoms with Crippen LogP contribution >= 0.6 is 11.6 Å². The standard InChI is InChI=1S/C15H15ClN2O3/c1-2-11(18(20)21)5-6-12-4-3-9-17(12)13-7-8-15(19)14(16)10-13/h2,4-8,10,19H,3,9H2,1H3/b6-5-,11-2+. The summed E-state index contributed by atoms with van der Waals surface area (Å²) in [6.45, 7) is 2.40. The zero-order chi connectivity index (χ0) is 15.4. The summed E-state index contributed by atoms with van der Waals surface area (Å²) in [6.07, 6.45) is 7.50. The van der Waals surface area contributed by atoms with Gasteiger partial charge in [0.1, 0.15) is 5.75 Å². The second-order valence-corrected chi connectivity index (χ2v) is 4.92. The molecule has 0 saturated carbocycles. The van der Waals surface area contributed by atoms with Gasteiger partial charge in [0.2, 0.25) is 0 Å². The molecule has 1 aromatic carbocycles. The molecule has 2 rings (SSSR count). The summed E-state index contributed by atoms with van der Waals surface area (Å²) in [7, 11) is 0. The van der Waals surface area contributed by atoms with Gasteiger partial charge in [0, 0.05) is 24.0 Å². The maximum atomic E-state index is 10.8. The number of anilines is 1. The first-order chi connectivity index (χ1) is 10.0. The molecule has 6 heteroatoms. The molecular formula is C15H15ClN2O3. The van der Waals surface area contributed by atoms with Crippen LogP contribution in [0.3, 0.4) is 0 Å². The number of phenols is 1. The van der Waals surface area contributed by atoms with Crippen LogP contribution in [-0.2, 0) is 0 Å². The fraction of sp³-hybridized carbons (Fsp3) is 0.200. The number of hydrogen-bond acceptors (Lipinski definition) is 4. The van der Waals surface area contributed by atoms with Gasteiger partial charge in [-0.15, -0.1) is 0 Å². The van der Waals surface area contributed by atoms with Crippen LogP contribution in [0.25, 0.3) is 0 Å². The van der Waals surface area contributed by atoms with Crippen molar-refractivity contribution in [2.24, 2.45) is 0 Å². The van der Waals surface area contributed by atoms with Crippen molar-refractivity contribution in [1.29, 1.82) is 0 Å². The third-order valence-electron chi connectivity index (χ3n) is 3.19. The Hall–Kier alpha value is -2.27. The van der Waals surface area contributed by atoms with Gasteiger partial charge in [0.25, 0.3) is 5.70 Å². The minimum atomic E-state index is -0.423. The van der Waals surface area contributed by atoms with Crippen LogP contribution < -0.4 is 4.90 Å². The predicted molar refractivity (Wildman–Crippen MR) is 83.1 cm³/mol. The molecule has 21 heavy (non-hydrogen) atoms. The predicted octanol–water partition coefficient (Wildman–Crippen LogP) is 3.88. The lowest BCUT2D eigenvalue weighted by molar-refractivity contribution is -0.419. The molecule has 0 aromatic heterocycles. The van der Waals surface area contributed by atoms with E-state index >= 15 is 0 Å². The molecule has 1 heterocycles. The van der Waals surface area contributed by atoms with E-state index in [1.807, 2.05) is 11.0 Å². The molecule has 5 nitrogen and oxygen atoms in total.